The number of hydrogen-bond donors (Lipinski definition) is 2. The largest absolute Gasteiger partial charge is 0.478 e. The van der Waals surface area contributed by atoms with Crippen LogP contribution in [0.15, 0.2) is 28.7 Å². The summed E-state index contributed by atoms with van der Waals surface area (Å²) in [6.07, 6.45) is 0. The van der Waals surface area contributed by atoms with Crippen molar-refractivity contribution < 1.29 is 14.7 Å². The van der Waals surface area contributed by atoms with Gasteiger partial charge < -0.3 is 10.4 Å². The Morgan fingerprint density at radius 2 is 2.10 bits per heavy atom. The number of benzene rings is 1. The minimum atomic E-state index is -1.05. The molecule has 0 aliphatic rings. The number of anilines is 1. The highest BCUT2D eigenvalue weighted by molar-refractivity contribution is 9.10. The van der Waals surface area contributed by atoms with Crippen LogP contribution in [0.4, 0.5) is 5.69 Å². The van der Waals surface area contributed by atoms with Gasteiger partial charge in [-0.15, -0.1) is 0 Å². The molecule has 2 aromatic rings. The number of amides is 1. The second-order valence-electron chi connectivity index (χ2n) is 4.44. The number of carbonyl (C=O) groups excluding carboxylic acids is 1. The number of halogens is 1. The van der Waals surface area contributed by atoms with Crippen molar-refractivity contribution in [3.8, 4) is 0 Å². The first-order valence-electron chi connectivity index (χ1n) is 6.31. The molecular weight excluding hydrogens is 338 g/mol. The molecule has 0 aliphatic carbocycles. The van der Waals surface area contributed by atoms with Crippen molar-refractivity contribution in [1.82, 2.24) is 9.78 Å². The molecule has 1 aromatic heterocycles. The van der Waals surface area contributed by atoms with Gasteiger partial charge in [0.25, 0.3) is 5.91 Å². The normalized spacial score (nSPS) is 10.4. The number of nitrogens with one attached hydrogen (secondary N) is 1. The SMILES string of the molecule is CCn1nc(C)cc1C(=O)Nc1cc(C(=O)O)ccc1Br. The number of aromatic carboxylic acids is 1. The summed E-state index contributed by atoms with van der Waals surface area (Å²) in [6, 6.07) is 6.14. The quantitative estimate of drug-likeness (QED) is 0.886. The highest BCUT2D eigenvalue weighted by atomic mass is 79.9. The van der Waals surface area contributed by atoms with E-state index in [1.165, 1.54) is 12.1 Å². The maximum Gasteiger partial charge on any atom is 0.335 e. The van der Waals surface area contributed by atoms with E-state index in [1.807, 2.05) is 13.8 Å². The first-order chi connectivity index (χ1) is 9.92. The molecule has 0 radical (unpaired) electrons. The highest BCUT2D eigenvalue weighted by Crippen LogP contribution is 2.24. The van der Waals surface area contributed by atoms with Crippen molar-refractivity contribution >= 4 is 33.5 Å². The lowest BCUT2D eigenvalue weighted by molar-refractivity contribution is 0.0696. The summed E-state index contributed by atoms with van der Waals surface area (Å²) in [6.45, 7) is 4.28. The van der Waals surface area contributed by atoms with Crippen molar-refractivity contribution in [3.63, 3.8) is 0 Å². The summed E-state index contributed by atoms with van der Waals surface area (Å²) < 4.78 is 2.21. The summed E-state index contributed by atoms with van der Waals surface area (Å²) in [7, 11) is 0. The van der Waals surface area contributed by atoms with Crippen molar-refractivity contribution in [2.45, 2.75) is 20.4 Å². The molecule has 21 heavy (non-hydrogen) atoms. The molecule has 0 fully saturated rings. The molecule has 0 aliphatic heterocycles. The molecule has 0 saturated heterocycles. The monoisotopic (exact) mass is 351 g/mol. The van der Waals surface area contributed by atoms with Gasteiger partial charge in [0.1, 0.15) is 5.69 Å². The van der Waals surface area contributed by atoms with E-state index in [9.17, 15) is 9.59 Å². The van der Waals surface area contributed by atoms with Crippen LogP contribution in [0, 0.1) is 6.92 Å². The fourth-order valence-corrected chi connectivity index (χ4v) is 2.26. The van der Waals surface area contributed by atoms with Gasteiger partial charge in [0, 0.05) is 11.0 Å². The van der Waals surface area contributed by atoms with E-state index in [4.69, 9.17) is 5.11 Å². The van der Waals surface area contributed by atoms with E-state index in [-0.39, 0.29) is 11.5 Å². The number of rotatable bonds is 4. The zero-order valence-corrected chi connectivity index (χ0v) is 13.1. The van der Waals surface area contributed by atoms with Crippen molar-refractivity contribution in [2.24, 2.45) is 0 Å². The number of nitrogens with zero attached hydrogens (tertiary/aromatic N) is 2. The molecule has 1 amide bonds. The fraction of sp³-hybridized carbons (Fsp3) is 0.214. The van der Waals surface area contributed by atoms with Crippen molar-refractivity contribution in [1.29, 1.82) is 0 Å². The van der Waals surface area contributed by atoms with Gasteiger partial charge in [-0.1, -0.05) is 0 Å². The number of carbonyl (C=O) groups is 2. The molecule has 0 saturated carbocycles. The van der Waals surface area contributed by atoms with Gasteiger partial charge in [-0.25, -0.2) is 4.79 Å². The minimum absolute atomic E-state index is 0.105. The molecule has 2 N–H and O–H groups in total. The van der Waals surface area contributed by atoms with Crippen LogP contribution in [0.3, 0.4) is 0 Å². The molecule has 6 nitrogen and oxygen atoms in total. The zero-order chi connectivity index (χ0) is 15.6. The van der Waals surface area contributed by atoms with Crippen LogP contribution in [0.1, 0.15) is 33.5 Å². The summed E-state index contributed by atoms with van der Waals surface area (Å²) >= 11 is 3.29. The van der Waals surface area contributed by atoms with Crippen LogP contribution in [0.2, 0.25) is 0 Å². The Bertz CT molecular complexity index is 709. The highest BCUT2D eigenvalue weighted by Gasteiger charge is 2.15. The van der Waals surface area contributed by atoms with E-state index >= 15 is 0 Å². The third-order valence-corrected chi connectivity index (χ3v) is 3.59. The zero-order valence-electron chi connectivity index (χ0n) is 11.6. The molecule has 0 spiro atoms. The number of carboxylic acid groups (broad SMARTS) is 1. The summed E-state index contributed by atoms with van der Waals surface area (Å²) in [5.41, 5.74) is 1.69. The topological polar surface area (TPSA) is 84.2 Å². The second-order valence-corrected chi connectivity index (χ2v) is 5.29. The standard InChI is InChI=1S/C14H14BrN3O3/c1-3-18-12(6-8(2)17-18)13(19)16-11-7-9(14(20)21)4-5-10(11)15/h4-7H,3H2,1-2H3,(H,16,19)(H,20,21). The van der Waals surface area contributed by atoms with Gasteiger partial charge in [-0.2, -0.15) is 5.10 Å². The van der Waals surface area contributed by atoms with E-state index in [0.717, 1.165) is 5.69 Å². The maximum absolute atomic E-state index is 12.3. The first-order valence-corrected chi connectivity index (χ1v) is 7.10. The Morgan fingerprint density at radius 3 is 2.71 bits per heavy atom. The fourth-order valence-electron chi connectivity index (χ4n) is 1.91. The van der Waals surface area contributed by atoms with E-state index in [1.54, 1.807) is 16.8 Å². The molecule has 2 rings (SSSR count). The third-order valence-electron chi connectivity index (χ3n) is 2.90. The summed E-state index contributed by atoms with van der Waals surface area (Å²) in [5, 5.41) is 15.9. The van der Waals surface area contributed by atoms with Crippen LogP contribution >= 0.6 is 15.9 Å². The summed E-state index contributed by atoms with van der Waals surface area (Å²) in [5.74, 6) is -1.38. The lowest BCUT2D eigenvalue weighted by Gasteiger charge is -2.09. The van der Waals surface area contributed by atoms with Gasteiger partial charge >= 0.3 is 5.97 Å². The van der Waals surface area contributed by atoms with Crippen molar-refractivity contribution in [3.05, 3.63) is 45.7 Å². The second kappa shape index (κ2) is 6.09. The number of hydrogen-bond acceptors (Lipinski definition) is 3. The predicted molar refractivity (Wildman–Crippen MR) is 81.7 cm³/mol. The van der Waals surface area contributed by atoms with Gasteiger partial charge in [0.05, 0.1) is 16.9 Å². The molecule has 110 valence electrons. The molecule has 7 heteroatoms. The van der Waals surface area contributed by atoms with Gasteiger partial charge in [-0.3, -0.25) is 9.48 Å². The van der Waals surface area contributed by atoms with Gasteiger partial charge in [0.2, 0.25) is 0 Å². The lowest BCUT2D eigenvalue weighted by Crippen LogP contribution is -2.17. The lowest BCUT2D eigenvalue weighted by atomic mass is 10.2. The van der Waals surface area contributed by atoms with Crippen molar-refractivity contribution in [2.75, 3.05) is 5.32 Å². The molecule has 1 aromatic carbocycles. The van der Waals surface area contributed by atoms with Gasteiger partial charge in [-0.05, 0) is 54.0 Å². The third kappa shape index (κ3) is 3.30. The molecule has 0 bridgehead atoms. The molecule has 0 unspecified atom stereocenters. The van der Waals surface area contributed by atoms with Crippen LogP contribution in [0.5, 0.6) is 0 Å². The Labute approximate surface area is 129 Å². The first kappa shape index (κ1) is 15.2. The van der Waals surface area contributed by atoms with Gasteiger partial charge in [0.15, 0.2) is 0 Å². The summed E-state index contributed by atoms with van der Waals surface area (Å²) in [4.78, 5) is 23.3. The average Bonchev–Trinajstić information content (AvgIpc) is 2.82. The van der Waals surface area contributed by atoms with Crippen LogP contribution in [-0.2, 0) is 6.54 Å². The Hall–Kier alpha value is -2.15. The van der Waals surface area contributed by atoms with Crippen LogP contribution < -0.4 is 5.32 Å². The number of carboxylic acids is 1. The minimum Gasteiger partial charge on any atom is -0.478 e. The average molecular weight is 352 g/mol. The number of aromatic nitrogens is 2. The molecule has 0 atom stereocenters. The Morgan fingerprint density at radius 1 is 1.38 bits per heavy atom. The predicted octanol–water partition coefficient (Wildman–Crippen LogP) is 2.92. The molecular formula is C14H14BrN3O3. The Balaban J connectivity index is 2.31. The number of aryl methyl sites for hydroxylation is 2. The van der Waals surface area contributed by atoms with Crippen LogP contribution in [-0.4, -0.2) is 26.8 Å². The van der Waals surface area contributed by atoms with E-state index in [0.29, 0.717) is 22.4 Å². The Kier molecular flexibility index (Phi) is 4.42. The van der Waals surface area contributed by atoms with Crippen LogP contribution in [0.25, 0.3) is 0 Å². The smallest absolute Gasteiger partial charge is 0.335 e. The van der Waals surface area contributed by atoms with E-state index < -0.39 is 5.97 Å². The maximum atomic E-state index is 12.3. The van der Waals surface area contributed by atoms with E-state index in [2.05, 4.69) is 26.3 Å². The molecule has 1 heterocycles.